The summed E-state index contributed by atoms with van der Waals surface area (Å²) in [4.78, 5) is 22.5. The monoisotopic (exact) mass is 280 g/mol. The zero-order chi connectivity index (χ0) is 15.6. The highest BCUT2D eigenvalue weighted by Gasteiger charge is 2.41. The number of rotatable bonds is 3. The molecule has 112 valence electrons. The number of ketones is 1. The summed E-state index contributed by atoms with van der Waals surface area (Å²) in [5, 5.41) is 0. The molecule has 0 spiro atoms. The van der Waals surface area contributed by atoms with E-state index in [1.807, 2.05) is 13.8 Å². The van der Waals surface area contributed by atoms with Crippen LogP contribution in [0.4, 0.5) is 0 Å². The zero-order valence-corrected chi connectivity index (χ0v) is 13.0. The topological polar surface area (TPSA) is 52.6 Å². The molecule has 4 heteroatoms. The Morgan fingerprint density at radius 2 is 1.95 bits per heavy atom. The van der Waals surface area contributed by atoms with E-state index in [9.17, 15) is 9.59 Å². The first-order chi connectivity index (χ1) is 9.07. The number of hydrogen-bond acceptors (Lipinski definition) is 4. The summed E-state index contributed by atoms with van der Waals surface area (Å²) >= 11 is 0. The van der Waals surface area contributed by atoms with Gasteiger partial charge in [-0.3, -0.25) is 9.59 Å². The predicted molar refractivity (Wildman–Crippen MR) is 76.8 cm³/mol. The van der Waals surface area contributed by atoms with Gasteiger partial charge in [0.25, 0.3) is 5.79 Å². The largest absolute Gasteiger partial charge is 0.453 e. The van der Waals surface area contributed by atoms with Gasteiger partial charge in [0.15, 0.2) is 0 Å². The Morgan fingerprint density at radius 1 is 1.35 bits per heavy atom. The molecule has 1 saturated heterocycles. The maximum Gasteiger partial charge on any atom is 0.306 e. The molecule has 1 unspecified atom stereocenters. The lowest BCUT2D eigenvalue weighted by Gasteiger charge is -2.33. The Kier molecular flexibility index (Phi) is 4.79. The number of carbonyl (C=O) groups is 2. The Morgan fingerprint density at radius 3 is 2.45 bits per heavy atom. The normalized spacial score (nSPS) is 27.6. The van der Waals surface area contributed by atoms with Gasteiger partial charge in [-0.15, -0.1) is 0 Å². The average molecular weight is 280 g/mol. The van der Waals surface area contributed by atoms with Crippen LogP contribution in [0.5, 0.6) is 0 Å². The fourth-order valence-electron chi connectivity index (χ4n) is 2.16. The van der Waals surface area contributed by atoms with Crippen molar-refractivity contribution in [2.24, 2.45) is 5.41 Å². The van der Waals surface area contributed by atoms with Crippen molar-refractivity contribution in [2.45, 2.75) is 59.7 Å². The molecule has 1 rings (SSSR count). The summed E-state index contributed by atoms with van der Waals surface area (Å²) in [6.07, 6.45) is 3.62. The van der Waals surface area contributed by atoms with E-state index in [0.29, 0.717) is 18.6 Å². The van der Waals surface area contributed by atoms with Crippen LogP contribution in [0.25, 0.3) is 0 Å². The van der Waals surface area contributed by atoms with E-state index >= 15 is 0 Å². The summed E-state index contributed by atoms with van der Waals surface area (Å²) in [7, 11) is 0. The second kappa shape index (κ2) is 5.81. The van der Waals surface area contributed by atoms with E-state index in [1.165, 1.54) is 13.8 Å². The summed E-state index contributed by atoms with van der Waals surface area (Å²) in [6.45, 7) is 12.6. The van der Waals surface area contributed by atoms with Gasteiger partial charge in [0.1, 0.15) is 11.5 Å². The standard InChI is InChI=1S/C16H24O4/c1-11-9-10-15(4,5)14(8-7-12(2)17)20-16(11,6)19-13(3)18/h8H,1,7,9-10H2,2-6H3/b14-8-. The molecule has 1 atom stereocenters. The smallest absolute Gasteiger partial charge is 0.306 e. The fraction of sp³-hybridized carbons (Fsp3) is 0.625. The lowest BCUT2D eigenvalue weighted by Crippen LogP contribution is -2.35. The number of allylic oxidation sites excluding steroid dienone is 2. The van der Waals surface area contributed by atoms with Crippen molar-refractivity contribution < 1.29 is 19.1 Å². The SMILES string of the molecule is C=C1CCC(C)(C)/C(=C/CC(C)=O)OC1(C)OC(C)=O. The maximum absolute atomic E-state index is 11.3. The van der Waals surface area contributed by atoms with Crippen molar-refractivity contribution in [3.8, 4) is 0 Å². The average Bonchev–Trinajstić information content (AvgIpc) is 2.36. The third-order valence-corrected chi connectivity index (χ3v) is 3.58. The zero-order valence-electron chi connectivity index (χ0n) is 13.0. The predicted octanol–water partition coefficient (Wildman–Crippen LogP) is 3.52. The first-order valence-electron chi connectivity index (χ1n) is 6.84. The molecule has 0 radical (unpaired) electrons. The molecule has 4 nitrogen and oxygen atoms in total. The third-order valence-electron chi connectivity index (χ3n) is 3.58. The van der Waals surface area contributed by atoms with Crippen LogP contribution in [0.1, 0.15) is 53.9 Å². The van der Waals surface area contributed by atoms with E-state index in [0.717, 1.165) is 12.0 Å². The first-order valence-corrected chi connectivity index (χ1v) is 6.84. The van der Waals surface area contributed by atoms with Crippen LogP contribution in [0.2, 0.25) is 0 Å². The Hall–Kier alpha value is -1.58. The minimum absolute atomic E-state index is 0.0640. The molecule has 1 heterocycles. The van der Waals surface area contributed by atoms with Crippen molar-refractivity contribution in [2.75, 3.05) is 0 Å². The molecule has 0 aromatic heterocycles. The summed E-state index contributed by atoms with van der Waals surface area (Å²) in [6, 6.07) is 0. The van der Waals surface area contributed by atoms with Gasteiger partial charge in [-0.05, 0) is 25.8 Å². The molecule has 1 fully saturated rings. The van der Waals surface area contributed by atoms with Gasteiger partial charge in [-0.1, -0.05) is 20.4 Å². The van der Waals surface area contributed by atoms with Crippen molar-refractivity contribution in [1.82, 2.24) is 0 Å². The molecule has 0 aromatic carbocycles. The highest BCUT2D eigenvalue weighted by molar-refractivity contribution is 5.77. The van der Waals surface area contributed by atoms with Crippen LogP contribution < -0.4 is 0 Å². The van der Waals surface area contributed by atoms with E-state index in [2.05, 4.69) is 6.58 Å². The Bertz CT molecular complexity index is 459. The van der Waals surface area contributed by atoms with Crippen molar-refractivity contribution >= 4 is 11.8 Å². The van der Waals surface area contributed by atoms with Gasteiger partial charge in [-0.25, -0.2) is 0 Å². The van der Waals surface area contributed by atoms with Crippen LogP contribution in [0, 0.1) is 5.41 Å². The summed E-state index contributed by atoms with van der Waals surface area (Å²) in [5.74, 6) is -0.842. The molecule has 0 saturated carbocycles. The van der Waals surface area contributed by atoms with Gasteiger partial charge in [-0.2, -0.15) is 0 Å². The molecule has 0 aromatic rings. The van der Waals surface area contributed by atoms with E-state index in [1.54, 1.807) is 13.0 Å². The van der Waals surface area contributed by atoms with Crippen molar-refractivity contribution in [1.29, 1.82) is 0 Å². The lowest BCUT2D eigenvalue weighted by molar-refractivity contribution is -0.194. The number of esters is 1. The number of hydrogen-bond donors (Lipinski definition) is 0. The molecule has 1 aliphatic heterocycles. The second-order valence-electron chi connectivity index (χ2n) is 6.10. The van der Waals surface area contributed by atoms with Crippen LogP contribution in [-0.4, -0.2) is 17.5 Å². The summed E-state index contributed by atoms with van der Waals surface area (Å²) < 4.78 is 11.3. The molecular formula is C16H24O4. The highest BCUT2D eigenvalue weighted by Crippen LogP contribution is 2.43. The lowest BCUT2D eigenvalue weighted by atomic mass is 9.84. The highest BCUT2D eigenvalue weighted by atomic mass is 16.7. The van der Waals surface area contributed by atoms with Crippen molar-refractivity contribution in [3.05, 3.63) is 24.0 Å². The van der Waals surface area contributed by atoms with Crippen LogP contribution in [0.15, 0.2) is 24.0 Å². The van der Waals surface area contributed by atoms with Gasteiger partial charge >= 0.3 is 5.97 Å². The maximum atomic E-state index is 11.3. The molecule has 0 bridgehead atoms. The molecule has 20 heavy (non-hydrogen) atoms. The molecule has 1 aliphatic rings. The van der Waals surface area contributed by atoms with Crippen LogP contribution in [0.3, 0.4) is 0 Å². The minimum atomic E-state index is -1.16. The Labute approximate surface area is 120 Å². The number of Topliss-reactive ketones (excluding diaryl/α,β-unsaturated/α-hetero) is 1. The quantitative estimate of drug-likeness (QED) is 0.586. The second-order valence-corrected chi connectivity index (χ2v) is 6.10. The summed E-state index contributed by atoms with van der Waals surface area (Å²) in [5.41, 5.74) is 0.503. The minimum Gasteiger partial charge on any atom is -0.453 e. The van der Waals surface area contributed by atoms with Gasteiger partial charge in [0.05, 0.1) is 0 Å². The van der Waals surface area contributed by atoms with E-state index in [4.69, 9.17) is 9.47 Å². The molecule has 0 N–H and O–H groups in total. The number of ether oxygens (including phenoxy) is 2. The molecular weight excluding hydrogens is 256 g/mol. The molecule has 0 aliphatic carbocycles. The molecule has 0 amide bonds. The fourth-order valence-corrected chi connectivity index (χ4v) is 2.16. The number of carbonyl (C=O) groups excluding carboxylic acids is 2. The van der Waals surface area contributed by atoms with Crippen LogP contribution in [-0.2, 0) is 19.1 Å². The van der Waals surface area contributed by atoms with E-state index < -0.39 is 11.8 Å². The van der Waals surface area contributed by atoms with Gasteiger partial charge in [0.2, 0.25) is 0 Å². The van der Waals surface area contributed by atoms with E-state index in [-0.39, 0.29) is 11.2 Å². The van der Waals surface area contributed by atoms with Crippen molar-refractivity contribution in [3.63, 3.8) is 0 Å². The first kappa shape index (κ1) is 16.5. The van der Waals surface area contributed by atoms with Crippen LogP contribution >= 0.6 is 0 Å². The van der Waals surface area contributed by atoms with Gasteiger partial charge < -0.3 is 9.47 Å². The van der Waals surface area contributed by atoms with Gasteiger partial charge in [0, 0.05) is 31.3 Å². The Balaban J connectivity index is 3.13. The third kappa shape index (κ3) is 3.95.